The Hall–Kier alpha value is -0.840. The molecule has 0 aromatic heterocycles. The highest BCUT2D eigenvalue weighted by Gasteiger charge is 2.48. The summed E-state index contributed by atoms with van der Waals surface area (Å²) < 4.78 is 6.77. The Balaban J connectivity index is 1.30. The van der Waals surface area contributed by atoms with Crippen molar-refractivity contribution in [3.8, 4) is 0 Å². The second-order valence-electron chi connectivity index (χ2n) is 11.8. The van der Waals surface area contributed by atoms with Crippen LogP contribution in [0.15, 0.2) is 23.9 Å². The first-order valence-electron chi connectivity index (χ1n) is 13.1. The summed E-state index contributed by atoms with van der Waals surface area (Å²) in [6, 6.07) is 0. The van der Waals surface area contributed by atoms with Gasteiger partial charge in [0.25, 0.3) is 0 Å². The zero-order chi connectivity index (χ0) is 22.2. The molecule has 4 N–H and O–H groups in total. The van der Waals surface area contributed by atoms with Gasteiger partial charge in [0.2, 0.25) is 0 Å². The molecule has 0 atom stereocenters. The average molecular weight is 430 g/mol. The smallest absolute Gasteiger partial charge is 0.0733 e. The number of nitrogens with two attached hydrogens (primary N) is 2. The number of allylic oxidation sites excluding steroid dienone is 1. The van der Waals surface area contributed by atoms with Crippen molar-refractivity contribution in [3.63, 3.8) is 0 Å². The van der Waals surface area contributed by atoms with Gasteiger partial charge in [0.15, 0.2) is 0 Å². The molecule has 2 heterocycles. The molecular formula is C27H47N3O. The fraction of sp³-hybridized carbons (Fsp3) is 0.852. The Bertz CT molecular complexity index is 659. The lowest BCUT2D eigenvalue weighted by Gasteiger charge is -2.54. The summed E-state index contributed by atoms with van der Waals surface area (Å²) in [6.45, 7) is 12.0. The van der Waals surface area contributed by atoms with Crippen molar-refractivity contribution in [2.24, 2.45) is 22.3 Å². The number of rotatable bonds is 5. The SMILES string of the molecule is C=C1C=C(N2CCC3(CC2)CCC2(CCC(CCC)(CCC)CC2)CO3)CC(N)(N)C1. The summed E-state index contributed by atoms with van der Waals surface area (Å²) in [7, 11) is 0. The van der Waals surface area contributed by atoms with Crippen LogP contribution in [0.1, 0.15) is 104 Å². The molecule has 4 rings (SSSR count). The van der Waals surface area contributed by atoms with E-state index in [4.69, 9.17) is 16.2 Å². The maximum Gasteiger partial charge on any atom is 0.0733 e. The van der Waals surface area contributed by atoms with Crippen LogP contribution in [-0.4, -0.2) is 35.9 Å². The summed E-state index contributed by atoms with van der Waals surface area (Å²) in [5.41, 5.74) is 15.4. The number of ether oxygens (including phenoxy) is 1. The lowest BCUT2D eigenvalue weighted by molar-refractivity contribution is -0.168. The van der Waals surface area contributed by atoms with Gasteiger partial charge < -0.3 is 21.1 Å². The van der Waals surface area contributed by atoms with E-state index in [0.29, 0.717) is 17.3 Å². The van der Waals surface area contributed by atoms with Crippen LogP contribution in [0.4, 0.5) is 0 Å². The number of likely N-dealkylation sites (tertiary alicyclic amines) is 1. The van der Waals surface area contributed by atoms with Crippen LogP contribution in [0.5, 0.6) is 0 Å². The molecule has 0 amide bonds. The summed E-state index contributed by atoms with van der Waals surface area (Å²) >= 11 is 0. The van der Waals surface area contributed by atoms with Crippen molar-refractivity contribution in [1.29, 1.82) is 0 Å². The van der Waals surface area contributed by atoms with Crippen LogP contribution in [-0.2, 0) is 4.74 Å². The number of piperidine rings is 1. The minimum absolute atomic E-state index is 0.109. The van der Waals surface area contributed by atoms with Crippen molar-refractivity contribution in [2.45, 2.75) is 115 Å². The molecule has 2 spiro atoms. The largest absolute Gasteiger partial charge is 0.374 e. The molecule has 176 valence electrons. The highest BCUT2D eigenvalue weighted by Crippen LogP contribution is 2.55. The van der Waals surface area contributed by atoms with Crippen LogP contribution < -0.4 is 11.5 Å². The number of hydrogen-bond acceptors (Lipinski definition) is 4. The van der Waals surface area contributed by atoms with Gasteiger partial charge in [-0.05, 0) is 81.1 Å². The highest BCUT2D eigenvalue weighted by atomic mass is 16.5. The van der Waals surface area contributed by atoms with Gasteiger partial charge >= 0.3 is 0 Å². The second-order valence-corrected chi connectivity index (χ2v) is 11.8. The van der Waals surface area contributed by atoms with E-state index >= 15 is 0 Å². The molecule has 2 aliphatic heterocycles. The topological polar surface area (TPSA) is 64.5 Å². The van der Waals surface area contributed by atoms with Gasteiger partial charge in [0, 0.05) is 31.6 Å². The quantitative estimate of drug-likeness (QED) is 0.556. The van der Waals surface area contributed by atoms with Crippen molar-refractivity contribution in [2.75, 3.05) is 19.7 Å². The normalized spacial score (nSPS) is 29.2. The highest BCUT2D eigenvalue weighted by molar-refractivity contribution is 5.29. The second kappa shape index (κ2) is 8.83. The van der Waals surface area contributed by atoms with E-state index in [1.165, 1.54) is 69.9 Å². The van der Waals surface area contributed by atoms with Crippen molar-refractivity contribution in [1.82, 2.24) is 4.90 Å². The molecule has 0 unspecified atom stereocenters. The van der Waals surface area contributed by atoms with Crippen LogP contribution >= 0.6 is 0 Å². The van der Waals surface area contributed by atoms with Crippen LogP contribution in [0.3, 0.4) is 0 Å². The molecule has 2 saturated heterocycles. The first-order valence-corrected chi connectivity index (χ1v) is 13.1. The molecule has 0 radical (unpaired) electrons. The fourth-order valence-electron chi connectivity index (χ4n) is 7.29. The van der Waals surface area contributed by atoms with Crippen molar-refractivity contribution < 1.29 is 4.74 Å². The molecule has 3 fully saturated rings. The van der Waals surface area contributed by atoms with Gasteiger partial charge in [-0.1, -0.05) is 38.8 Å². The lowest BCUT2D eigenvalue weighted by atomic mass is 9.58. The van der Waals surface area contributed by atoms with E-state index in [1.54, 1.807) is 0 Å². The first kappa shape index (κ1) is 23.3. The number of hydrogen-bond donors (Lipinski definition) is 2. The molecule has 0 aromatic carbocycles. The average Bonchev–Trinajstić information content (AvgIpc) is 2.72. The molecule has 4 aliphatic rings. The minimum atomic E-state index is -0.643. The molecule has 0 bridgehead atoms. The van der Waals surface area contributed by atoms with Gasteiger partial charge in [0.05, 0.1) is 17.9 Å². The van der Waals surface area contributed by atoms with E-state index in [1.807, 2.05) is 0 Å². The van der Waals surface area contributed by atoms with E-state index in [0.717, 1.165) is 44.5 Å². The fourth-order valence-corrected chi connectivity index (χ4v) is 7.29. The zero-order valence-corrected chi connectivity index (χ0v) is 20.3. The Morgan fingerprint density at radius 1 is 0.903 bits per heavy atom. The zero-order valence-electron chi connectivity index (χ0n) is 20.3. The molecule has 2 aliphatic carbocycles. The third kappa shape index (κ3) is 5.07. The molecule has 1 saturated carbocycles. The van der Waals surface area contributed by atoms with Gasteiger partial charge in [0.1, 0.15) is 0 Å². The third-order valence-electron chi connectivity index (χ3n) is 9.25. The summed E-state index contributed by atoms with van der Waals surface area (Å²) in [5, 5.41) is 0. The van der Waals surface area contributed by atoms with Gasteiger partial charge in [-0.3, -0.25) is 0 Å². The van der Waals surface area contributed by atoms with Gasteiger partial charge in [-0.2, -0.15) is 0 Å². The molecular weight excluding hydrogens is 382 g/mol. The van der Waals surface area contributed by atoms with Crippen LogP contribution in [0.2, 0.25) is 0 Å². The standard InChI is InChI=1S/C27H47N3O/c1-4-6-24(7-5-2)8-10-25(11-9-24)12-13-26(31-21-25)14-16-30(17-15-26)23-18-22(3)19-27(28,29)20-23/h18H,3-17,19-21,28-29H2,1-2H3. The Morgan fingerprint density at radius 2 is 1.52 bits per heavy atom. The van der Waals surface area contributed by atoms with Crippen molar-refractivity contribution in [3.05, 3.63) is 23.9 Å². The Kier molecular flexibility index (Phi) is 6.65. The molecule has 4 heteroatoms. The van der Waals surface area contributed by atoms with E-state index in [2.05, 4.69) is 31.4 Å². The Morgan fingerprint density at radius 3 is 2.03 bits per heavy atom. The van der Waals surface area contributed by atoms with E-state index < -0.39 is 5.66 Å². The van der Waals surface area contributed by atoms with Crippen molar-refractivity contribution >= 4 is 0 Å². The lowest BCUT2D eigenvalue weighted by Crippen LogP contribution is -2.55. The third-order valence-corrected chi connectivity index (χ3v) is 9.25. The maximum atomic E-state index is 6.77. The maximum absolute atomic E-state index is 6.77. The summed E-state index contributed by atoms with van der Waals surface area (Å²) in [4.78, 5) is 2.49. The predicted octanol–water partition coefficient (Wildman–Crippen LogP) is 5.63. The first-order chi connectivity index (χ1) is 14.7. The summed E-state index contributed by atoms with van der Waals surface area (Å²) in [5.74, 6) is 0. The predicted molar refractivity (Wildman–Crippen MR) is 129 cm³/mol. The summed E-state index contributed by atoms with van der Waals surface area (Å²) in [6.07, 6.45) is 19.7. The van der Waals surface area contributed by atoms with E-state index in [9.17, 15) is 0 Å². The molecule has 31 heavy (non-hydrogen) atoms. The van der Waals surface area contributed by atoms with Gasteiger partial charge in [-0.15, -0.1) is 0 Å². The molecule has 0 aromatic rings. The van der Waals surface area contributed by atoms with Crippen LogP contribution in [0, 0.1) is 10.8 Å². The van der Waals surface area contributed by atoms with Crippen LogP contribution in [0.25, 0.3) is 0 Å². The minimum Gasteiger partial charge on any atom is -0.374 e. The van der Waals surface area contributed by atoms with E-state index in [-0.39, 0.29) is 5.60 Å². The molecule has 4 nitrogen and oxygen atoms in total. The number of nitrogens with zero attached hydrogens (tertiary/aromatic N) is 1. The Labute approximate surface area is 190 Å². The van der Waals surface area contributed by atoms with Gasteiger partial charge in [-0.25, -0.2) is 0 Å². The monoisotopic (exact) mass is 429 g/mol.